The smallest absolute Gasteiger partial charge is 0.338 e. The van der Waals surface area contributed by atoms with Gasteiger partial charge in [0.05, 0.1) is 33.4 Å². The lowest BCUT2D eigenvalue weighted by atomic mass is 9.93. The highest BCUT2D eigenvalue weighted by molar-refractivity contribution is 7.07. The van der Waals surface area contributed by atoms with Crippen molar-refractivity contribution in [3.05, 3.63) is 106 Å². The molecule has 0 saturated heterocycles. The molecule has 4 rings (SSSR count). The molecule has 10 heteroatoms. The summed E-state index contributed by atoms with van der Waals surface area (Å²) in [6, 6.07) is 11.9. The lowest BCUT2D eigenvalue weighted by Crippen LogP contribution is -2.40. The van der Waals surface area contributed by atoms with Crippen LogP contribution in [0.15, 0.2) is 63.5 Å². The highest BCUT2D eigenvalue weighted by Crippen LogP contribution is 2.31. The first-order valence-corrected chi connectivity index (χ1v) is 13.0. The molecule has 2 heterocycles. The van der Waals surface area contributed by atoms with Gasteiger partial charge in [0.2, 0.25) is 0 Å². The molecule has 0 fully saturated rings. The number of hydrogen-bond donors (Lipinski definition) is 0. The van der Waals surface area contributed by atoms with Gasteiger partial charge in [0, 0.05) is 18.7 Å². The van der Waals surface area contributed by atoms with E-state index < -0.39 is 16.9 Å². The Kier molecular flexibility index (Phi) is 8.03. The van der Waals surface area contributed by atoms with Crippen LogP contribution in [0.25, 0.3) is 6.08 Å². The van der Waals surface area contributed by atoms with Gasteiger partial charge in [-0.15, -0.1) is 0 Å². The van der Waals surface area contributed by atoms with Crippen LogP contribution in [0.2, 0.25) is 0 Å². The lowest BCUT2D eigenvalue weighted by molar-refractivity contribution is -0.385. The Balaban J connectivity index is 1.89. The molecule has 0 aliphatic carbocycles. The molecule has 0 saturated carbocycles. The molecule has 0 N–H and O–H groups in total. The maximum Gasteiger partial charge on any atom is 0.338 e. The van der Waals surface area contributed by atoms with E-state index in [4.69, 9.17) is 9.47 Å². The number of fused-ring (bicyclic) bond motifs is 1. The molecule has 1 aromatic heterocycles. The van der Waals surface area contributed by atoms with Crippen molar-refractivity contribution in [1.29, 1.82) is 0 Å². The number of carbonyl (C=O) groups is 1. The van der Waals surface area contributed by atoms with Crippen LogP contribution in [0.4, 0.5) is 5.69 Å². The second kappa shape index (κ2) is 11.2. The van der Waals surface area contributed by atoms with Crippen molar-refractivity contribution in [3.63, 3.8) is 0 Å². The molecular formula is C28H29N3O6S. The number of thiazole rings is 1. The monoisotopic (exact) mass is 535 g/mol. The van der Waals surface area contributed by atoms with E-state index >= 15 is 0 Å². The maximum atomic E-state index is 13.8. The summed E-state index contributed by atoms with van der Waals surface area (Å²) in [6.45, 7) is 7.89. The minimum Gasteiger partial charge on any atom is -0.460 e. The number of allylic oxidation sites excluding steroid dienone is 1. The van der Waals surface area contributed by atoms with Crippen LogP contribution in [-0.2, 0) is 14.3 Å². The number of benzene rings is 2. The Bertz CT molecular complexity index is 1600. The van der Waals surface area contributed by atoms with Crippen molar-refractivity contribution >= 4 is 29.1 Å². The van der Waals surface area contributed by atoms with Crippen LogP contribution >= 0.6 is 11.3 Å². The number of rotatable bonds is 8. The molecule has 198 valence electrons. The summed E-state index contributed by atoms with van der Waals surface area (Å²) in [7, 11) is 1.52. The van der Waals surface area contributed by atoms with E-state index in [0.717, 1.165) is 11.1 Å². The minimum atomic E-state index is -0.739. The zero-order chi connectivity index (χ0) is 27.6. The third-order valence-electron chi connectivity index (χ3n) is 6.41. The molecule has 0 bridgehead atoms. The third kappa shape index (κ3) is 5.36. The van der Waals surface area contributed by atoms with Crippen LogP contribution in [0, 0.1) is 17.0 Å². The fraction of sp³-hybridized carbons (Fsp3) is 0.321. The number of nitro groups is 1. The molecule has 1 aliphatic heterocycles. The predicted octanol–water partition coefficient (Wildman–Crippen LogP) is 3.76. The number of esters is 1. The summed E-state index contributed by atoms with van der Waals surface area (Å²) in [6.07, 6.45) is 1.62. The summed E-state index contributed by atoms with van der Waals surface area (Å²) >= 11 is 1.17. The summed E-state index contributed by atoms with van der Waals surface area (Å²) in [4.78, 5) is 42.9. The number of aryl methyl sites for hydroxylation is 1. The van der Waals surface area contributed by atoms with Crippen LogP contribution < -0.4 is 14.9 Å². The van der Waals surface area contributed by atoms with Gasteiger partial charge in [0.15, 0.2) is 4.80 Å². The number of aromatic nitrogens is 1. The quantitative estimate of drug-likeness (QED) is 0.188. The average molecular weight is 536 g/mol. The van der Waals surface area contributed by atoms with E-state index in [2.05, 4.69) is 18.8 Å². The summed E-state index contributed by atoms with van der Waals surface area (Å²) in [5.74, 6) is -0.245. The molecule has 38 heavy (non-hydrogen) atoms. The van der Waals surface area contributed by atoms with Gasteiger partial charge < -0.3 is 9.47 Å². The van der Waals surface area contributed by atoms with Gasteiger partial charge in [-0.25, -0.2) is 9.79 Å². The molecule has 1 atom stereocenters. The highest BCUT2D eigenvalue weighted by Gasteiger charge is 2.33. The van der Waals surface area contributed by atoms with Crippen LogP contribution in [-0.4, -0.2) is 35.8 Å². The largest absolute Gasteiger partial charge is 0.460 e. The number of ether oxygens (including phenoxy) is 2. The van der Waals surface area contributed by atoms with Gasteiger partial charge in [0.25, 0.3) is 11.2 Å². The topological polar surface area (TPSA) is 113 Å². The molecule has 2 aromatic carbocycles. The zero-order valence-electron chi connectivity index (χ0n) is 21.9. The van der Waals surface area contributed by atoms with E-state index in [-0.39, 0.29) is 30.0 Å². The summed E-state index contributed by atoms with van der Waals surface area (Å²) in [5, 5.41) is 11.4. The fourth-order valence-electron chi connectivity index (χ4n) is 4.32. The Morgan fingerprint density at radius 1 is 1.18 bits per heavy atom. The average Bonchev–Trinajstić information content (AvgIpc) is 3.18. The highest BCUT2D eigenvalue weighted by atomic mass is 32.1. The third-order valence-corrected chi connectivity index (χ3v) is 7.39. The van der Waals surface area contributed by atoms with Gasteiger partial charge >= 0.3 is 5.97 Å². The van der Waals surface area contributed by atoms with Crippen molar-refractivity contribution in [1.82, 2.24) is 4.57 Å². The van der Waals surface area contributed by atoms with E-state index in [1.807, 2.05) is 24.3 Å². The maximum absolute atomic E-state index is 13.8. The number of carbonyl (C=O) groups excluding carboxylic acids is 1. The standard InChI is InChI=1S/C28H29N3O6S/c1-16(2)20-8-10-21(11-9-20)25-24(27(33)37-13-12-36-5)18(4)29-28-30(25)26(32)23(38-28)15-19-7-6-17(3)22(14-19)31(34)35/h6-11,14-16,25H,12-13H2,1-5H3. The van der Waals surface area contributed by atoms with Gasteiger partial charge in [-0.1, -0.05) is 61.6 Å². The molecule has 0 spiro atoms. The van der Waals surface area contributed by atoms with Gasteiger partial charge in [-0.05, 0) is 42.5 Å². The lowest BCUT2D eigenvalue weighted by Gasteiger charge is -2.25. The van der Waals surface area contributed by atoms with E-state index in [1.165, 1.54) is 29.1 Å². The Morgan fingerprint density at radius 3 is 2.53 bits per heavy atom. The van der Waals surface area contributed by atoms with Gasteiger partial charge in [-0.3, -0.25) is 19.5 Å². The molecule has 0 radical (unpaired) electrons. The first-order chi connectivity index (χ1) is 18.1. The molecule has 1 aliphatic rings. The molecule has 3 aromatic rings. The molecular weight excluding hydrogens is 506 g/mol. The Morgan fingerprint density at radius 2 is 1.89 bits per heavy atom. The Labute approximate surface area is 223 Å². The van der Waals surface area contributed by atoms with Crippen LogP contribution in [0.3, 0.4) is 0 Å². The van der Waals surface area contributed by atoms with Crippen molar-refractivity contribution in [2.45, 2.75) is 39.7 Å². The second-order valence-electron chi connectivity index (χ2n) is 9.33. The van der Waals surface area contributed by atoms with Crippen LogP contribution in [0.5, 0.6) is 0 Å². The van der Waals surface area contributed by atoms with Crippen molar-refractivity contribution in [2.75, 3.05) is 20.3 Å². The molecule has 9 nitrogen and oxygen atoms in total. The fourth-order valence-corrected chi connectivity index (χ4v) is 5.37. The SMILES string of the molecule is COCCOC(=O)C1=C(C)N=c2sc(=Cc3ccc(C)c([N+](=O)[O-])c3)c(=O)n2C1c1ccc(C(C)C)cc1. The first-order valence-electron chi connectivity index (χ1n) is 12.2. The number of methoxy groups -OCH3 is 1. The van der Waals surface area contributed by atoms with Crippen molar-refractivity contribution in [2.24, 2.45) is 4.99 Å². The van der Waals surface area contributed by atoms with E-state index in [1.54, 1.807) is 32.1 Å². The molecule has 0 amide bonds. The van der Waals surface area contributed by atoms with Gasteiger partial charge in [0.1, 0.15) is 6.61 Å². The van der Waals surface area contributed by atoms with Crippen molar-refractivity contribution in [3.8, 4) is 0 Å². The van der Waals surface area contributed by atoms with Crippen molar-refractivity contribution < 1.29 is 19.2 Å². The van der Waals surface area contributed by atoms with E-state index in [0.29, 0.717) is 32.1 Å². The number of hydrogen-bond acceptors (Lipinski definition) is 8. The molecule has 1 unspecified atom stereocenters. The zero-order valence-corrected chi connectivity index (χ0v) is 22.7. The summed E-state index contributed by atoms with van der Waals surface area (Å²) < 4.78 is 12.3. The first kappa shape index (κ1) is 27.2. The number of nitro benzene ring substituents is 1. The van der Waals surface area contributed by atoms with E-state index in [9.17, 15) is 19.7 Å². The normalized spacial score (nSPS) is 15.4. The van der Waals surface area contributed by atoms with Gasteiger partial charge in [-0.2, -0.15) is 0 Å². The second-order valence-corrected chi connectivity index (χ2v) is 10.3. The predicted molar refractivity (Wildman–Crippen MR) is 145 cm³/mol. The summed E-state index contributed by atoms with van der Waals surface area (Å²) in [5.41, 5.74) is 3.32. The van der Waals surface area contributed by atoms with Crippen LogP contribution in [0.1, 0.15) is 55.0 Å². The minimum absolute atomic E-state index is 0.0217. The Hall–Kier alpha value is -3.89. The number of nitrogens with zero attached hydrogens (tertiary/aromatic N) is 3.